The molecular formula is C23H20N2O3. The Morgan fingerprint density at radius 2 is 1.04 bits per heavy atom. The lowest BCUT2D eigenvalue weighted by atomic mass is 9.95. The number of hydrogen-bond acceptors (Lipinski definition) is 3. The molecule has 0 bridgehead atoms. The van der Waals surface area contributed by atoms with Crippen molar-refractivity contribution in [3.05, 3.63) is 96.6 Å². The van der Waals surface area contributed by atoms with Crippen LogP contribution in [0.2, 0.25) is 0 Å². The Hall–Kier alpha value is -3.41. The summed E-state index contributed by atoms with van der Waals surface area (Å²) in [6, 6.07) is 19.2. The van der Waals surface area contributed by atoms with Gasteiger partial charge in [-0.15, -0.1) is 0 Å². The van der Waals surface area contributed by atoms with Gasteiger partial charge in [0.25, 0.3) is 0 Å². The Kier molecular flexibility index (Phi) is 4.93. The summed E-state index contributed by atoms with van der Waals surface area (Å²) in [5.74, 6) is -0.155. The number of aliphatic hydroxyl groups excluding tert-OH is 2. The summed E-state index contributed by atoms with van der Waals surface area (Å²) in [4.78, 5) is 13.5. The zero-order valence-electron chi connectivity index (χ0n) is 15.2. The van der Waals surface area contributed by atoms with Gasteiger partial charge in [-0.25, -0.2) is 0 Å². The van der Waals surface area contributed by atoms with E-state index in [0.29, 0.717) is 11.1 Å². The first-order valence-electron chi connectivity index (χ1n) is 8.98. The monoisotopic (exact) mass is 372 g/mol. The smallest absolute Gasteiger partial charge is 0.197 e. The van der Waals surface area contributed by atoms with Gasteiger partial charge in [0.15, 0.2) is 5.78 Å². The molecule has 0 aliphatic carbocycles. The molecule has 28 heavy (non-hydrogen) atoms. The van der Waals surface area contributed by atoms with Gasteiger partial charge in [0.1, 0.15) is 13.5 Å². The van der Waals surface area contributed by atoms with Crippen LogP contribution in [0.1, 0.15) is 15.9 Å². The summed E-state index contributed by atoms with van der Waals surface area (Å²) in [6.07, 6.45) is 6.87. The maximum atomic E-state index is 13.5. The van der Waals surface area contributed by atoms with Crippen LogP contribution in [0.25, 0.3) is 22.3 Å². The van der Waals surface area contributed by atoms with Gasteiger partial charge < -0.3 is 19.3 Å². The Labute approximate surface area is 162 Å². The predicted octanol–water partition coefficient (Wildman–Crippen LogP) is 3.75. The van der Waals surface area contributed by atoms with Crippen molar-refractivity contribution in [2.75, 3.05) is 0 Å². The van der Waals surface area contributed by atoms with Crippen LogP contribution in [0.3, 0.4) is 0 Å². The third kappa shape index (κ3) is 3.29. The van der Waals surface area contributed by atoms with Crippen molar-refractivity contribution < 1.29 is 15.0 Å². The molecule has 0 saturated heterocycles. The van der Waals surface area contributed by atoms with Gasteiger partial charge in [0.05, 0.1) is 0 Å². The fraction of sp³-hybridized carbons (Fsp3) is 0.0870. The Bertz CT molecular complexity index is 1010. The largest absolute Gasteiger partial charge is 0.376 e. The fourth-order valence-corrected chi connectivity index (χ4v) is 3.38. The third-order valence-corrected chi connectivity index (χ3v) is 4.75. The number of aromatic nitrogens is 2. The lowest BCUT2D eigenvalue weighted by Gasteiger charge is -2.05. The van der Waals surface area contributed by atoms with E-state index >= 15 is 0 Å². The first-order valence-corrected chi connectivity index (χ1v) is 8.98. The molecule has 2 N–H and O–H groups in total. The van der Waals surface area contributed by atoms with Crippen LogP contribution in [0.15, 0.2) is 85.5 Å². The van der Waals surface area contributed by atoms with Crippen LogP contribution in [-0.2, 0) is 13.5 Å². The van der Waals surface area contributed by atoms with Crippen LogP contribution in [0.5, 0.6) is 0 Å². The van der Waals surface area contributed by atoms with E-state index in [2.05, 4.69) is 0 Å². The molecule has 0 spiro atoms. The number of carbonyl (C=O) groups excluding carboxylic acids is 1. The second-order valence-corrected chi connectivity index (χ2v) is 6.54. The molecule has 4 aromatic rings. The molecule has 0 aliphatic rings. The van der Waals surface area contributed by atoms with Crippen molar-refractivity contribution in [3.8, 4) is 22.3 Å². The van der Waals surface area contributed by atoms with Crippen molar-refractivity contribution in [1.82, 2.24) is 9.13 Å². The van der Waals surface area contributed by atoms with Gasteiger partial charge in [-0.05, 0) is 11.1 Å². The molecule has 2 aromatic carbocycles. The van der Waals surface area contributed by atoms with Crippen LogP contribution in [0, 0.1) is 0 Å². The summed E-state index contributed by atoms with van der Waals surface area (Å²) < 4.78 is 3.17. The summed E-state index contributed by atoms with van der Waals surface area (Å²) in [6.45, 7) is -0.424. The Morgan fingerprint density at radius 3 is 1.39 bits per heavy atom. The number of hydrogen-bond donors (Lipinski definition) is 2. The second-order valence-electron chi connectivity index (χ2n) is 6.54. The summed E-state index contributed by atoms with van der Waals surface area (Å²) in [5.41, 5.74) is 4.34. The Balaban J connectivity index is 1.85. The Morgan fingerprint density at radius 1 is 0.643 bits per heavy atom. The van der Waals surface area contributed by atoms with Crippen LogP contribution < -0.4 is 0 Å². The van der Waals surface area contributed by atoms with Crippen molar-refractivity contribution in [2.45, 2.75) is 13.5 Å². The molecule has 5 heteroatoms. The molecule has 0 fully saturated rings. The van der Waals surface area contributed by atoms with E-state index in [9.17, 15) is 15.0 Å². The molecule has 0 saturated carbocycles. The van der Waals surface area contributed by atoms with E-state index in [-0.39, 0.29) is 19.2 Å². The van der Waals surface area contributed by atoms with Gasteiger partial charge in [-0.3, -0.25) is 4.79 Å². The number of benzene rings is 2. The van der Waals surface area contributed by atoms with Crippen LogP contribution in [-0.4, -0.2) is 25.1 Å². The molecule has 0 unspecified atom stereocenters. The minimum atomic E-state index is -0.212. The predicted molar refractivity (Wildman–Crippen MR) is 108 cm³/mol. The van der Waals surface area contributed by atoms with Gasteiger partial charge in [-0.1, -0.05) is 60.7 Å². The van der Waals surface area contributed by atoms with Crippen LogP contribution >= 0.6 is 0 Å². The quantitative estimate of drug-likeness (QED) is 0.507. The fourth-order valence-electron chi connectivity index (χ4n) is 3.38. The molecule has 2 heterocycles. The highest BCUT2D eigenvalue weighted by Crippen LogP contribution is 2.31. The van der Waals surface area contributed by atoms with Gasteiger partial charge in [0.2, 0.25) is 0 Å². The lowest BCUT2D eigenvalue weighted by molar-refractivity contribution is 0.103. The van der Waals surface area contributed by atoms with E-state index in [4.69, 9.17) is 0 Å². The summed E-state index contributed by atoms with van der Waals surface area (Å²) >= 11 is 0. The number of nitrogens with zero attached hydrogens (tertiary/aromatic N) is 2. The van der Waals surface area contributed by atoms with Crippen molar-refractivity contribution in [1.29, 1.82) is 0 Å². The molecule has 140 valence electrons. The van der Waals surface area contributed by atoms with Gasteiger partial charge >= 0.3 is 0 Å². The van der Waals surface area contributed by atoms with Crippen LogP contribution in [0.4, 0.5) is 0 Å². The topological polar surface area (TPSA) is 67.4 Å². The second kappa shape index (κ2) is 7.68. The van der Waals surface area contributed by atoms with Crippen molar-refractivity contribution in [3.63, 3.8) is 0 Å². The number of aliphatic hydroxyl groups is 2. The SMILES string of the molecule is O=C(c1cn(CO)cc1-c1ccccc1)c1cn(CO)cc1-c1ccccc1. The van der Waals surface area contributed by atoms with E-state index in [1.165, 1.54) is 0 Å². The molecule has 0 amide bonds. The standard InChI is InChI=1S/C23H20N2O3/c26-15-24-11-19(17-7-3-1-4-8-17)21(13-24)23(28)22-14-25(16-27)12-20(22)18-9-5-2-6-10-18/h1-14,26-27H,15-16H2. The maximum Gasteiger partial charge on any atom is 0.197 e. The molecule has 0 atom stereocenters. The molecule has 0 aliphatic heterocycles. The minimum Gasteiger partial charge on any atom is -0.376 e. The first kappa shape index (κ1) is 18.0. The van der Waals surface area contributed by atoms with Crippen molar-refractivity contribution >= 4 is 5.78 Å². The molecular weight excluding hydrogens is 352 g/mol. The average molecular weight is 372 g/mol. The number of ketones is 1. The zero-order valence-corrected chi connectivity index (χ0v) is 15.2. The van der Waals surface area contributed by atoms with Gasteiger partial charge in [0, 0.05) is 47.0 Å². The highest BCUT2D eigenvalue weighted by molar-refractivity contribution is 6.16. The molecule has 4 rings (SSSR count). The zero-order chi connectivity index (χ0) is 19.5. The minimum absolute atomic E-state index is 0.155. The molecule has 0 radical (unpaired) electrons. The summed E-state index contributed by atoms with van der Waals surface area (Å²) in [5, 5.41) is 19.1. The van der Waals surface area contributed by atoms with E-state index in [1.54, 1.807) is 33.9 Å². The molecule has 5 nitrogen and oxygen atoms in total. The van der Waals surface area contributed by atoms with E-state index in [1.807, 2.05) is 60.7 Å². The normalized spacial score (nSPS) is 10.9. The van der Waals surface area contributed by atoms with Crippen molar-refractivity contribution in [2.24, 2.45) is 0 Å². The maximum absolute atomic E-state index is 13.5. The third-order valence-electron chi connectivity index (χ3n) is 4.75. The van der Waals surface area contributed by atoms with Gasteiger partial charge in [-0.2, -0.15) is 0 Å². The number of carbonyl (C=O) groups is 1. The first-order chi connectivity index (χ1) is 13.7. The highest BCUT2D eigenvalue weighted by atomic mass is 16.3. The number of rotatable bonds is 6. The molecule has 2 aromatic heterocycles. The summed E-state index contributed by atoms with van der Waals surface area (Å²) in [7, 11) is 0. The van der Waals surface area contributed by atoms with E-state index < -0.39 is 0 Å². The van der Waals surface area contributed by atoms with E-state index in [0.717, 1.165) is 22.3 Å². The average Bonchev–Trinajstić information content (AvgIpc) is 3.39. The highest BCUT2D eigenvalue weighted by Gasteiger charge is 2.22. The lowest BCUT2D eigenvalue weighted by Crippen LogP contribution is -2.03.